The second-order valence-corrected chi connectivity index (χ2v) is 6.49. The van der Waals surface area contributed by atoms with Gasteiger partial charge in [-0.1, -0.05) is 11.2 Å². The lowest BCUT2D eigenvalue weighted by Gasteiger charge is -2.13. The summed E-state index contributed by atoms with van der Waals surface area (Å²) >= 11 is 0. The highest BCUT2D eigenvalue weighted by Gasteiger charge is 2.38. The molecule has 4 aromatic rings. The van der Waals surface area contributed by atoms with Crippen LogP contribution >= 0.6 is 0 Å². The van der Waals surface area contributed by atoms with Gasteiger partial charge in [0.25, 0.3) is 5.56 Å². The van der Waals surface area contributed by atoms with Gasteiger partial charge in [-0.2, -0.15) is 31.3 Å². The normalized spacial score (nSPS) is 12.5. The highest BCUT2D eigenvalue weighted by Crippen LogP contribution is 2.31. The minimum Gasteiger partial charge on any atom is -0.329 e. The number of benzene rings is 1. The molecule has 0 N–H and O–H groups in total. The Morgan fingerprint density at radius 3 is 2.29 bits per heavy atom. The number of alkyl halides is 6. The van der Waals surface area contributed by atoms with Crippen molar-refractivity contribution in [3.05, 3.63) is 76.2 Å². The Morgan fingerprint density at radius 1 is 0.935 bits per heavy atom. The molecule has 6 nitrogen and oxygen atoms in total. The van der Waals surface area contributed by atoms with Crippen molar-refractivity contribution in [2.24, 2.45) is 0 Å². The molecule has 0 saturated heterocycles. The van der Waals surface area contributed by atoms with Crippen LogP contribution in [0.2, 0.25) is 0 Å². The predicted octanol–water partition coefficient (Wildman–Crippen LogP) is 4.53. The molecule has 0 aliphatic heterocycles. The Hall–Kier alpha value is -3.70. The van der Waals surface area contributed by atoms with Crippen LogP contribution < -0.4 is 5.56 Å². The molecule has 160 valence electrons. The molecule has 0 radical (unpaired) electrons. The van der Waals surface area contributed by atoms with Gasteiger partial charge < -0.3 is 9.09 Å². The maximum absolute atomic E-state index is 13.1. The molecule has 1 aromatic carbocycles. The van der Waals surface area contributed by atoms with Gasteiger partial charge in [0, 0.05) is 17.8 Å². The minimum absolute atomic E-state index is 0.0705. The maximum atomic E-state index is 13.1. The molecule has 0 aliphatic carbocycles. The van der Waals surface area contributed by atoms with E-state index < -0.39 is 29.4 Å². The number of halogens is 6. The SMILES string of the molecule is O=c1ccc2ccc(C(F)(F)F)cc2n1Cc1ccc(-c2noc(C(F)(F)F)n2)cn1. The summed E-state index contributed by atoms with van der Waals surface area (Å²) < 4.78 is 82.2. The number of pyridine rings is 2. The molecule has 12 heteroatoms. The van der Waals surface area contributed by atoms with E-state index in [4.69, 9.17) is 0 Å². The fraction of sp³-hybridized carbons (Fsp3) is 0.158. The van der Waals surface area contributed by atoms with Gasteiger partial charge in [-0.3, -0.25) is 9.78 Å². The number of aromatic nitrogens is 4. The second kappa shape index (κ2) is 7.22. The quantitative estimate of drug-likeness (QED) is 0.438. The fourth-order valence-corrected chi connectivity index (χ4v) is 2.90. The van der Waals surface area contributed by atoms with E-state index >= 15 is 0 Å². The van der Waals surface area contributed by atoms with Gasteiger partial charge >= 0.3 is 18.2 Å². The second-order valence-electron chi connectivity index (χ2n) is 6.49. The van der Waals surface area contributed by atoms with Crippen LogP contribution in [0.1, 0.15) is 17.1 Å². The number of nitrogens with zero attached hydrogens (tertiary/aromatic N) is 4. The van der Waals surface area contributed by atoms with E-state index in [0.717, 1.165) is 16.7 Å². The Kier molecular flexibility index (Phi) is 4.79. The lowest BCUT2D eigenvalue weighted by Crippen LogP contribution is -2.21. The molecule has 0 amide bonds. The third kappa shape index (κ3) is 4.13. The molecular formula is C19H10F6N4O2. The Balaban J connectivity index is 1.67. The zero-order valence-electron chi connectivity index (χ0n) is 15.2. The average molecular weight is 440 g/mol. The highest BCUT2D eigenvalue weighted by atomic mass is 19.4. The van der Waals surface area contributed by atoms with Gasteiger partial charge in [0.05, 0.1) is 23.3 Å². The van der Waals surface area contributed by atoms with Crippen molar-refractivity contribution in [3.8, 4) is 11.4 Å². The van der Waals surface area contributed by atoms with Gasteiger partial charge in [-0.25, -0.2) is 0 Å². The van der Waals surface area contributed by atoms with Gasteiger partial charge in [-0.05, 0) is 35.7 Å². The number of fused-ring (bicyclic) bond motifs is 1. The first-order valence-electron chi connectivity index (χ1n) is 8.59. The molecule has 3 heterocycles. The molecule has 0 atom stereocenters. The molecule has 3 aromatic heterocycles. The summed E-state index contributed by atoms with van der Waals surface area (Å²) in [5, 5.41) is 3.67. The zero-order valence-corrected chi connectivity index (χ0v) is 15.2. The summed E-state index contributed by atoms with van der Waals surface area (Å²) in [6, 6.07) is 8.47. The fourth-order valence-electron chi connectivity index (χ4n) is 2.90. The van der Waals surface area contributed by atoms with E-state index in [9.17, 15) is 31.1 Å². The summed E-state index contributed by atoms with van der Waals surface area (Å²) in [6.45, 7) is -0.155. The molecule has 31 heavy (non-hydrogen) atoms. The highest BCUT2D eigenvalue weighted by molar-refractivity contribution is 5.80. The van der Waals surface area contributed by atoms with E-state index in [0.29, 0.717) is 5.39 Å². The third-order valence-electron chi connectivity index (χ3n) is 4.39. The first kappa shape index (κ1) is 20.6. The summed E-state index contributed by atoms with van der Waals surface area (Å²) in [7, 11) is 0. The van der Waals surface area contributed by atoms with Crippen LogP contribution in [-0.4, -0.2) is 19.7 Å². The predicted molar refractivity (Wildman–Crippen MR) is 94.8 cm³/mol. The van der Waals surface area contributed by atoms with Crippen molar-refractivity contribution in [1.82, 2.24) is 19.7 Å². The van der Waals surface area contributed by atoms with E-state index in [1.807, 2.05) is 0 Å². The summed E-state index contributed by atoms with van der Waals surface area (Å²) in [4.78, 5) is 19.6. The topological polar surface area (TPSA) is 73.8 Å². The number of rotatable bonds is 3. The summed E-state index contributed by atoms with van der Waals surface area (Å²) in [6.07, 6.45) is -8.19. The van der Waals surface area contributed by atoms with Crippen molar-refractivity contribution in [2.75, 3.05) is 0 Å². The molecule has 0 spiro atoms. The van der Waals surface area contributed by atoms with Crippen molar-refractivity contribution in [1.29, 1.82) is 0 Å². The van der Waals surface area contributed by atoms with Crippen LogP contribution in [0, 0.1) is 0 Å². The van der Waals surface area contributed by atoms with Crippen molar-refractivity contribution < 1.29 is 30.9 Å². The molecule has 0 bridgehead atoms. The van der Waals surface area contributed by atoms with Crippen LogP contribution in [-0.2, 0) is 18.9 Å². The lowest BCUT2D eigenvalue weighted by molar-refractivity contribution is -0.159. The average Bonchev–Trinajstić information content (AvgIpc) is 3.20. The minimum atomic E-state index is -4.79. The summed E-state index contributed by atoms with van der Waals surface area (Å²) in [5.74, 6) is -1.84. The molecular weight excluding hydrogens is 430 g/mol. The van der Waals surface area contributed by atoms with E-state index in [1.54, 1.807) is 0 Å². The zero-order chi connectivity index (χ0) is 22.4. The Morgan fingerprint density at radius 2 is 1.68 bits per heavy atom. The van der Waals surface area contributed by atoms with Crippen LogP contribution in [0.5, 0.6) is 0 Å². The van der Waals surface area contributed by atoms with E-state index in [1.165, 1.54) is 36.5 Å². The Labute approximate surface area is 168 Å². The van der Waals surface area contributed by atoms with Gasteiger partial charge in [0.2, 0.25) is 5.82 Å². The van der Waals surface area contributed by atoms with Crippen molar-refractivity contribution in [3.63, 3.8) is 0 Å². The van der Waals surface area contributed by atoms with Crippen LogP contribution in [0.25, 0.3) is 22.3 Å². The Bertz CT molecular complexity index is 1310. The number of hydrogen-bond donors (Lipinski definition) is 0. The van der Waals surface area contributed by atoms with Crippen LogP contribution in [0.4, 0.5) is 26.3 Å². The number of hydrogen-bond acceptors (Lipinski definition) is 5. The van der Waals surface area contributed by atoms with Crippen molar-refractivity contribution in [2.45, 2.75) is 18.9 Å². The monoisotopic (exact) mass is 440 g/mol. The van der Waals surface area contributed by atoms with Gasteiger partial charge in [0.15, 0.2) is 0 Å². The van der Waals surface area contributed by atoms with Crippen molar-refractivity contribution >= 4 is 10.9 Å². The van der Waals surface area contributed by atoms with Crippen LogP contribution in [0.3, 0.4) is 0 Å². The molecule has 0 fully saturated rings. The third-order valence-corrected chi connectivity index (χ3v) is 4.39. The molecule has 0 saturated carbocycles. The standard InChI is InChI=1S/C19H10F6N4O2/c20-18(21,22)12-4-1-10-3-6-15(30)29(14(10)7-12)9-13-5-2-11(8-26-13)16-27-17(31-28-16)19(23,24)25/h1-8H,9H2. The smallest absolute Gasteiger partial charge is 0.329 e. The van der Waals surface area contributed by atoms with E-state index in [-0.39, 0.29) is 29.1 Å². The molecule has 4 rings (SSSR count). The first-order chi connectivity index (χ1) is 14.5. The van der Waals surface area contributed by atoms with Crippen LogP contribution in [0.15, 0.2) is 58.0 Å². The largest absolute Gasteiger partial charge is 0.471 e. The van der Waals surface area contributed by atoms with Gasteiger partial charge in [0.1, 0.15) is 0 Å². The molecule has 0 unspecified atom stereocenters. The maximum Gasteiger partial charge on any atom is 0.471 e. The molecule has 0 aliphatic rings. The lowest BCUT2D eigenvalue weighted by atomic mass is 10.1. The first-order valence-corrected chi connectivity index (χ1v) is 8.59. The summed E-state index contributed by atoms with van der Waals surface area (Å²) in [5.41, 5.74) is -0.949. The van der Waals surface area contributed by atoms with E-state index in [2.05, 4.69) is 19.6 Å². The van der Waals surface area contributed by atoms with Gasteiger partial charge in [-0.15, -0.1) is 0 Å².